The molecule has 2 aromatic rings. The Hall–Kier alpha value is -3.89. The maximum absolute atomic E-state index is 11.9. The van der Waals surface area contributed by atoms with E-state index in [-0.39, 0.29) is 13.0 Å². The Morgan fingerprint density at radius 3 is 2.62 bits per heavy atom. The first-order valence-corrected chi connectivity index (χ1v) is 8.77. The number of amides is 3. The number of benzene rings is 1. The lowest BCUT2D eigenvalue weighted by Crippen LogP contribution is -2.37. The van der Waals surface area contributed by atoms with Gasteiger partial charge < -0.3 is 24.8 Å². The number of carbonyl (C=O) groups is 3. The Morgan fingerprint density at radius 2 is 1.83 bits per heavy atom. The summed E-state index contributed by atoms with van der Waals surface area (Å²) < 4.78 is 15.6. The van der Waals surface area contributed by atoms with Crippen molar-refractivity contribution in [2.45, 2.75) is 6.42 Å². The molecule has 0 spiro atoms. The van der Waals surface area contributed by atoms with Crippen LogP contribution in [0.1, 0.15) is 6.42 Å². The van der Waals surface area contributed by atoms with Crippen molar-refractivity contribution in [3.63, 3.8) is 0 Å². The van der Waals surface area contributed by atoms with Crippen LogP contribution < -0.4 is 25.4 Å². The van der Waals surface area contributed by atoms with Crippen LogP contribution in [0.3, 0.4) is 0 Å². The summed E-state index contributed by atoms with van der Waals surface area (Å²) in [7, 11) is 0. The van der Waals surface area contributed by atoms with Gasteiger partial charge in [-0.1, -0.05) is 0 Å². The molecule has 152 valence electrons. The van der Waals surface area contributed by atoms with Crippen LogP contribution in [0.2, 0.25) is 0 Å². The minimum absolute atomic E-state index is 0.00886. The predicted octanol–water partition coefficient (Wildman–Crippen LogP) is 0.941. The van der Waals surface area contributed by atoms with Crippen molar-refractivity contribution >= 4 is 29.5 Å². The van der Waals surface area contributed by atoms with Gasteiger partial charge in [-0.3, -0.25) is 14.9 Å². The number of hydrogen-bond donors (Lipinski definition) is 3. The highest BCUT2D eigenvalue weighted by molar-refractivity contribution is 6.02. The number of hydrogen-bond acceptors (Lipinski definition) is 9. The van der Waals surface area contributed by atoms with E-state index in [1.54, 1.807) is 36.7 Å². The summed E-state index contributed by atoms with van der Waals surface area (Å²) in [6, 6.07) is 5.76. The molecule has 1 aromatic carbocycles. The topological polar surface area (TPSA) is 141 Å². The lowest BCUT2D eigenvalue weighted by molar-refractivity contribution is -0.148. The van der Waals surface area contributed by atoms with Gasteiger partial charge in [0.15, 0.2) is 18.1 Å². The molecule has 1 aliphatic rings. The van der Waals surface area contributed by atoms with Crippen LogP contribution in [0, 0.1) is 0 Å². The summed E-state index contributed by atoms with van der Waals surface area (Å²) in [5, 5.41) is 7.40. The number of nitrogens with one attached hydrogen (secondary N) is 3. The smallest absolute Gasteiger partial charge is 0.325 e. The number of esters is 1. The summed E-state index contributed by atoms with van der Waals surface area (Å²) in [6.45, 7) is 0.550. The van der Waals surface area contributed by atoms with Gasteiger partial charge in [0.1, 0.15) is 13.2 Å². The van der Waals surface area contributed by atoms with E-state index in [0.29, 0.717) is 36.3 Å². The highest BCUT2D eigenvalue weighted by Crippen LogP contribution is 2.32. The number of urea groups is 1. The zero-order valence-electron chi connectivity index (χ0n) is 15.3. The number of ether oxygens (including phenoxy) is 3. The van der Waals surface area contributed by atoms with Crippen LogP contribution in [0.15, 0.2) is 36.7 Å². The zero-order chi connectivity index (χ0) is 20.5. The van der Waals surface area contributed by atoms with Crippen LogP contribution in [0.5, 0.6) is 11.5 Å². The van der Waals surface area contributed by atoms with Crippen LogP contribution in [0.25, 0.3) is 0 Å². The molecular weight excluding hydrogens is 382 g/mol. The first-order valence-electron chi connectivity index (χ1n) is 8.77. The number of imide groups is 1. The molecule has 29 heavy (non-hydrogen) atoms. The minimum Gasteiger partial charge on any atom is -0.486 e. The highest BCUT2D eigenvalue weighted by atomic mass is 16.6. The van der Waals surface area contributed by atoms with Crippen LogP contribution in [-0.2, 0) is 14.3 Å². The number of fused-ring (bicyclic) bond motifs is 1. The average molecular weight is 401 g/mol. The maximum Gasteiger partial charge on any atom is 0.325 e. The van der Waals surface area contributed by atoms with Crippen LogP contribution in [-0.4, -0.2) is 54.2 Å². The Morgan fingerprint density at radius 1 is 1.07 bits per heavy atom. The van der Waals surface area contributed by atoms with E-state index < -0.39 is 24.5 Å². The van der Waals surface area contributed by atoms with Crippen LogP contribution in [0.4, 0.5) is 16.4 Å². The molecule has 3 rings (SSSR count). The molecule has 3 amide bonds. The quantitative estimate of drug-likeness (QED) is 0.578. The molecule has 0 saturated carbocycles. The van der Waals surface area contributed by atoms with Gasteiger partial charge in [-0.05, 0) is 18.2 Å². The summed E-state index contributed by atoms with van der Waals surface area (Å²) in [6.07, 6.45) is 3.14. The number of aromatic nitrogens is 2. The number of anilines is 2. The fraction of sp³-hybridized carbons (Fsp3) is 0.278. The number of nitrogens with zero attached hydrogens (tertiary/aromatic N) is 2. The maximum atomic E-state index is 11.9. The second-order valence-electron chi connectivity index (χ2n) is 5.77. The second-order valence-corrected chi connectivity index (χ2v) is 5.77. The van der Waals surface area contributed by atoms with Gasteiger partial charge in [-0.25, -0.2) is 14.8 Å². The van der Waals surface area contributed by atoms with Crippen LogP contribution >= 0.6 is 0 Å². The second kappa shape index (κ2) is 9.88. The van der Waals surface area contributed by atoms with Gasteiger partial charge in [-0.2, -0.15) is 0 Å². The normalized spacial score (nSPS) is 11.9. The zero-order valence-corrected chi connectivity index (χ0v) is 15.3. The molecule has 0 fully saturated rings. The Bertz CT molecular complexity index is 876. The van der Waals surface area contributed by atoms with E-state index in [1.807, 2.05) is 0 Å². The predicted molar refractivity (Wildman–Crippen MR) is 101 cm³/mol. The molecule has 0 unspecified atom stereocenters. The monoisotopic (exact) mass is 401 g/mol. The van der Waals surface area contributed by atoms with Crippen molar-refractivity contribution in [2.24, 2.45) is 0 Å². The van der Waals surface area contributed by atoms with E-state index in [4.69, 9.17) is 14.2 Å². The molecule has 0 aliphatic carbocycles. The third kappa shape index (κ3) is 6.34. The third-order valence-electron chi connectivity index (χ3n) is 3.60. The molecule has 0 saturated heterocycles. The molecule has 3 N–H and O–H groups in total. The summed E-state index contributed by atoms with van der Waals surface area (Å²) in [4.78, 5) is 43.2. The molecule has 2 heterocycles. The molecule has 11 heteroatoms. The fourth-order valence-electron chi connectivity index (χ4n) is 2.33. The van der Waals surface area contributed by atoms with Gasteiger partial charge in [-0.15, -0.1) is 0 Å². The molecule has 1 aromatic heterocycles. The standard InChI is InChI=1S/C18H19N5O6/c24-15(11-29-16(25)4-7-21-17-19-5-1-6-20-17)23-18(26)22-12-2-3-13-14(10-12)28-9-8-27-13/h1-3,5-6,10H,4,7-9,11H2,(H,19,20,21)(H2,22,23,24,26). The molecule has 0 bridgehead atoms. The Labute approximate surface area is 165 Å². The van der Waals surface area contributed by atoms with Crippen molar-refractivity contribution in [1.82, 2.24) is 15.3 Å². The largest absolute Gasteiger partial charge is 0.486 e. The van der Waals surface area contributed by atoms with Gasteiger partial charge in [0, 0.05) is 30.7 Å². The van der Waals surface area contributed by atoms with E-state index in [2.05, 4.69) is 25.9 Å². The lowest BCUT2D eigenvalue weighted by Gasteiger charge is -2.19. The average Bonchev–Trinajstić information content (AvgIpc) is 2.73. The first-order chi connectivity index (χ1) is 14.1. The molecule has 0 atom stereocenters. The summed E-state index contributed by atoms with van der Waals surface area (Å²) in [5.74, 6) is 0.111. The Kier molecular flexibility index (Phi) is 6.76. The van der Waals surface area contributed by atoms with Gasteiger partial charge in [0.2, 0.25) is 5.95 Å². The molecular formula is C18H19N5O6. The summed E-state index contributed by atoms with van der Waals surface area (Å²) in [5.41, 5.74) is 0.422. The number of rotatable bonds is 7. The van der Waals surface area contributed by atoms with Crippen molar-refractivity contribution in [3.8, 4) is 11.5 Å². The summed E-state index contributed by atoms with van der Waals surface area (Å²) >= 11 is 0. The van der Waals surface area contributed by atoms with Crippen molar-refractivity contribution in [2.75, 3.05) is 37.0 Å². The first kappa shape index (κ1) is 19.9. The van der Waals surface area contributed by atoms with E-state index in [1.165, 1.54) is 0 Å². The highest BCUT2D eigenvalue weighted by Gasteiger charge is 2.14. The minimum atomic E-state index is -0.759. The van der Waals surface area contributed by atoms with Gasteiger partial charge >= 0.3 is 12.0 Å². The van der Waals surface area contributed by atoms with Crippen molar-refractivity contribution < 1.29 is 28.6 Å². The van der Waals surface area contributed by atoms with Gasteiger partial charge in [0.25, 0.3) is 5.91 Å². The van der Waals surface area contributed by atoms with Crippen molar-refractivity contribution in [1.29, 1.82) is 0 Å². The van der Waals surface area contributed by atoms with E-state index >= 15 is 0 Å². The SMILES string of the molecule is O=C(COC(=O)CCNc1ncccn1)NC(=O)Nc1ccc2c(c1)OCCO2. The molecule has 11 nitrogen and oxygen atoms in total. The van der Waals surface area contributed by atoms with Gasteiger partial charge in [0.05, 0.1) is 6.42 Å². The fourth-order valence-corrected chi connectivity index (χ4v) is 2.33. The van der Waals surface area contributed by atoms with Crippen molar-refractivity contribution in [3.05, 3.63) is 36.7 Å². The van der Waals surface area contributed by atoms with E-state index in [9.17, 15) is 14.4 Å². The lowest BCUT2D eigenvalue weighted by atomic mass is 10.2. The molecule has 1 aliphatic heterocycles. The number of carbonyl (C=O) groups excluding carboxylic acids is 3. The Balaban J connectivity index is 1.34. The third-order valence-corrected chi connectivity index (χ3v) is 3.60. The van der Waals surface area contributed by atoms with E-state index in [0.717, 1.165) is 0 Å². The molecule has 0 radical (unpaired) electrons.